The highest BCUT2D eigenvalue weighted by Crippen LogP contribution is 2.20. The molecule has 5 heteroatoms. The van der Waals surface area contributed by atoms with E-state index in [9.17, 15) is 4.79 Å². The van der Waals surface area contributed by atoms with E-state index in [1.54, 1.807) is 18.2 Å². The van der Waals surface area contributed by atoms with Gasteiger partial charge in [-0.2, -0.15) is 0 Å². The Morgan fingerprint density at radius 2 is 1.80 bits per heavy atom. The SMILES string of the molecule is Nc1cc(C(=O)NCc2ccc(CO)cc2)ccc1Br. The van der Waals surface area contributed by atoms with E-state index in [4.69, 9.17) is 10.8 Å². The number of nitrogen functional groups attached to an aromatic ring is 1. The first kappa shape index (κ1) is 14.6. The summed E-state index contributed by atoms with van der Waals surface area (Å²) in [6, 6.07) is 12.5. The monoisotopic (exact) mass is 334 g/mol. The second kappa shape index (κ2) is 6.54. The predicted molar refractivity (Wildman–Crippen MR) is 82.1 cm³/mol. The smallest absolute Gasteiger partial charge is 0.251 e. The van der Waals surface area contributed by atoms with Gasteiger partial charge in [-0.05, 0) is 45.3 Å². The Kier molecular flexibility index (Phi) is 4.76. The Morgan fingerprint density at radius 1 is 1.15 bits per heavy atom. The van der Waals surface area contributed by atoms with Gasteiger partial charge in [-0.15, -0.1) is 0 Å². The summed E-state index contributed by atoms with van der Waals surface area (Å²) in [5.41, 5.74) is 8.63. The van der Waals surface area contributed by atoms with Crippen LogP contribution in [0.3, 0.4) is 0 Å². The van der Waals surface area contributed by atoms with Crippen molar-refractivity contribution in [3.05, 3.63) is 63.6 Å². The van der Waals surface area contributed by atoms with Gasteiger partial charge in [-0.1, -0.05) is 24.3 Å². The number of aliphatic hydroxyl groups is 1. The lowest BCUT2D eigenvalue weighted by atomic mass is 10.1. The van der Waals surface area contributed by atoms with Crippen LogP contribution in [0.4, 0.5) is 5.69 Å². The van der Waals surface area contributed by atoms with Gasteiger partial charge >= 0.3 is 0 Å². The summed E-state index contributed by atoms with van der Waals surface area (Å²) in [5.74, 6) is -0.171. The molecule has 0 atom stereocenters. The van der Waals surface area contributed by atoms with Gasteiger partial charge in [0.15, 0.2) is 0 Å². The van der Waals surface area contributed by atoms with E-state index in [0.29, 0.717) is 17.8 Å². The Hall–Kier alpha value is -1.85. The molecule has 0 aliphatic rings. The number of halogens is 1. The van der Waals surface area contributed by atoms with Gasteiger partial charge in [-0.25, -0.2) is 0 Å². The van der Waals surface area contributed by atoms with Crippen molar-refractivity contribution in [2.24, 2.45) is 0 Å². The normalized spacial score (nSPS) is 10.3. The number of aliphatic hydroxyl groups excluding tert-OH is 1. The zero-order valence-electron chi connectivity index (χ0n) is 10.8. The molecule has 0 saturated heterocycles. The molecule has 2 rings (SSSR count). The Morgan fingerprint density at radius 3 is 2.40 bits per heavy atom. The largest absolute Gasteiger partial charge is 0.398 e. The first-order valence-electron chi connectivity index (χ1n) is 6.12. The topological polar surface area (TPSA) is 75.4 Å². The van der Waals surface area contributed by atoms with E-state index in [2.05, 4.69) is 21.2 Å². The third-order valence-electron chi connectivity index (χ3n) is 2.92. The highest BCUT2D eigenvalue weighted by molar-refractivity contribution is 9.10. The maximum Gasteiger partial charge on any atom is 0.251 e. The molecule has 0 aliphatic carbocycles. The Bertz CT molecular complexity index is 612. The zero-order valence-corrected chi connectivity index (χ0v) is 12.4. The molecule has 2 aromatic carbocycles. The molecule has 0 bridgehead atoms. The van der Waals surface area contributed by atoms with Crippen LogP contribution in [-0.4, -0.2) is 11.0 Å². The maximum absolute atomic E-state index is 12.0. The first-order chi connectivity index (χ1) is 9.60. The average molecular weight is 335 g/mol. The highest BCUT2D eigenvalue weighted by atomic mass is 79.9. The van der Waals surface area contributed by atoms with E-state index in [0.717, 1.165) is 15.6 Å². The molecule has 104 valence electrons. The number of carbonyl (C=O) groups excluding carboxylic acids is 1. The van der Waals surface area contributed by atoms with Crippen molar-refractivity contribution in [1.29, 1.82) is 0 Å². The quantitative estimate of drug-likeness (QED) is 0.752. The second-order valence-corrected chi connectivity index (χ2v) is 5.25. The molecule has 0 radical (unpaired) electrons. The van der Waals surface area contributed by atoms with Gasteiger partial charge in [0.1, 0.15) is 0 Å². The Labute approximate surface area is 125 Å². The molecule has 0 heterocycles. The molecule has 0 aromatic heterocycles. The van der Waals surface area contributed by atoms with Crippen molar-refractivity contribution in [2.75, 3.05) is 5.73 Å². The third kappa shape index (κ3) is 3.59. The number of nitrogens with one attached hydrogen (secondary N) is 1. The summed E-state index contributed by atoms with van der Waals surface area (Å²) < 4.78 is 0.772. The van der Waals surface area contributed by atoms with Crippen molar-refractivity contribution in [3.8, 4) is 0 Å². The molecule has 4 nitrogen and oxygen atoms in total. The fraction of sp³-hybridized carbons (Fsp3) is 0.133. The minimum Gasteiger partial charge on any atom is -0.398 e. The third-order valence-corrected chi connectivity index (χ3v) is 3.64. The van der Waals surface area contributed by atoms with Gasteiger partial charge in [0, 0.05) is 22.3 Å². The van der Waals surface area contributed by atoms with Gasteiger partial charge in [0.2, 0.25) is 0 Å². The number of benzene rings is 2. The van der Waals surface area contributed by atoms with Crippen molar-refractivity contribution >= 4 is 27.5 Å². The van der Waals surface area contributed by atoms with Crippen molar-refractivity contribution in [2.45, 2.75) is 13.2 Å². The molecule has 4 N–H and O–H groups in total. The molecule has 2 aromatic rings. The van der Waals surface area contributed by atoms with Gasteiger partial charge in [0.25, 0.3) is 5.91 Å². The minimum absolute atomic E-state index is 0.0187. The summed E-state index contributed by atoms with van der Waals surface area (Å²) in [6.45, 7) is 0.450. The molecular weight excluding hydrogens is 320 g/mol. The molecule has 20 heavy (non-hydrogen) atoms. The van der Waals surface area contributed by atoms with E-state index < -0.39 is 0 Å². The molecule has 0 unspecified atom stereocenters. The second-order valence-electron chi connectivity index (χ2n) is 4.39. The lowest BCUT2D eigenvalue weighted by Crippen LogP contribution is -2.22. The molecule has 1 amide bonds. The van der Waals surface area contributed by atoms with Crippen LogP contribution in [0.1, 0.15) is 21.5 Å². The van der Waals surface area contributed by atoms with Crippen molar-refractivity contribution < 1.29 is 9.90 Å². The lowest BCUT2D eigenvalue weighted by Gasteiger charge is -2.07. The van der Waals surface area contributed by atoms with Crippen LogP contribution in [-0.2, 0) is 13.2 Å². The summed E-state index contributed by atoms with van der Waals surface area (Å²) in [5, 5.41) is 11.8. The highest BCUT2D eigenvalue weighted by Gasteiger charge is 2.07. The summed E-state index contributed by atoms with van der Waals surface area (Å²) in [6.07, 6.45) is 0. The standard InChI is InChI=1S/C15H15BrN2O2/c16-13-6-5-12(7-14(13)17)15(20)18-8-10-1-3-11(9-19)4-2-10/h1-7,19H,8-9,17H2,(H,18,20). The summed E-state index contributed by atoms with van der Waals surface area (Å²) >= 11 is 3.29. The van der Waals surface area contributed by atoms with Crippen LogP contribution in [0.2, 0.25) is 0 Å². The number of rotatable bonds is 4. The predicted octanol–water partition coefficient (Wildman–Crippen LogP) is 2.45. The number of carbonyl (C=O) groups is 1. The number of amides is 1. The maximum atomic E-state index is 12.0. The van der Waals surface area contributed by atoms with Crippen molar-refractivity contribution in [3.63, 3.8) is 0 Å². The summed E-state index contributed by atoms with van der Waals surface area (Å²) in [4.78, 5) is 12.0. The van der Waals surface area contributed by atoms with E-state index in [1.807, 2.05) is 24.3 Å². The number of nitrogens with two attached hydrogens (primary N) is 1. The van der Waals surface area contributed by atoms with Crippen LogP contribution in [0.25, 0.3) is 0 Å². The van der Waals surface area contributed by atoms with Crippen LogP contribution < -0.4 is 11.1 Å². The molecule has 0 saturated carbocycles. The van der Waals surface area contributed by atoms with Crippen molar-refractivity contribution in [1.82, 2.24) is 5.32 Å². The van der Waals surface area contributed by atoms with Crippen LogP contribution >= 0.6 is 15.9 Å². The summed E-state index contributed by atoms with van der Waals surface area (Å²) in [7, 11) is 0. The Balaban J connectivity index is 1.98. The lowest BCUT2D eigenvalue weighted by molar-refractivity contribution is 0.0951. The van der Waals surface area contributed by atoms with Crippen LogP contribution in [0.15, 0.2) is 46.9 Å². The fourth-order valence-corrected chi connectivity index (χ4v) is 1.98. The zero-order chi connectivity index (χ0) is 14.5. The molecule has 0 fully saturated rings. The van der Waals surface area contributed by atoms with Crippen LogP contribution in [0.5, 0.6) is 0 Å². The molecule has 0 spiro atoms. The fourth-order valence-electron chi connectivity index (χ4n) is 1.73. The number of hydrogen-bond acceptors (Lipinski definition) is 3. The van der Waals surface area contributed by atoms with Crippen LogP contribution in [0, 0.1) is 0 Å². The number of hydrogen-bond donors (Lipinski definition) is 3. The van der Waals surface area contributed by atoms with E-state index in [1.165, 1.54) is 0 Å². The molecular formula is C15H15BrN2O2. The van der Waals surface area contributed by atoms with Gasteiger partial charge in [0.05, 0.1) is 6.61 Å². The molecule has 0 aliphatic heterocycles. The van der Waals surface area contributed by atoms with Gasteiger partial charge in [-0.3, -0.25) is 4.79 Å². The number of anilines is 1. The van der Waals surface area contributed by atoms with Gasteiger partial charge < -0.3 is 16.2 Å². The average Bonchev–Trinajstić information content (AvgIpc) is 2.48. The first-order valence-corrected chi connectivity index (χ1v) is 6.91. The van der Waals surface area contributed by atoms with E-state index >= 15 is 0 Å². The minimum atomic E-state index is -0.171. The van der Waals surface area contributed by atoms with E-state index in [-0.39, 0.29) is 12.5 Å².